The Kier molecular flexibility index (Phi) is 7.04. The van der Waals surface area contributed by atoms with E-state index in [0.717, 1.165) is 47.7 Å². The molecule has 0 radical (unpaired) electrons. The van der Waals surface area contributed by atoms with Crippen LogP contribution < -0.4 is 0 Å². The molecule has 0 aliphatic heterocycles. The Labute approximate surface area is 210 Å². The van der Waals surface area contributed by atoms with Gasteiger partial charge in [-0.05, 0) is 42.0 Å². The van der Waals surface area contributed by atoms with Crippen LogP contribution >= 0.6 is 34.7 Å². The quantitative estimate of drug-likeness (QED) is 0.177. The fraction of sp³-hybridized carbons (Fsp3) is 0.0769. The third-order valence-electron chi connectivity index (χ3n) is 5.29. The first-order chi connectivity index (χ1) is 16.7. The van der Waals surface area contributed by atoms with E-state index in [1.807, 2.05) is 26.0 Å². The molecule has 4 heterocycles. The lowest BCUT2D eigenvalue weighted by molar-refractivity contribution is 0.669. The minimum atomic E-state index is 0.419. The molecule has 6 aromatic rings. The van der Waals surface area contributed by atoms with Crippen LogP contribution in [-0.4, -0.2) is 9.97 Å². The highest BCUT2D eigenvalue weighted by Gasteiger charge is 2.15. The zero-order valence-corrected chi connectivity index (χ0v) is 20.9. The van der Waals surface area contributed by atoms with Crippen molar-refractivity contribution >= 4 is 76.8 Å². The Morgan fingerprint density at radius 1 is 0.824 bits per heavy atom. The van der Waals surface area contributed by atoms with Crippen LogP contribution in [0, 0.1) is 22.7 Å². The molecule has 0 saturated heterocycles. The van der Waals surface area contributed by atoms with Crippen molar-refractivity contribution in [2.24, 2.45) is 0 Å². The Balaban J connectivity index is 0.000000652. The number of rotatable bonds is 1. The van der Waals surface area contributed by atoms with Crippen LogP contribution in [0.15, 0.2) is 65.5 Å². The molecule has 0 aliphatic rings. The fourth-order valence-electron chi connectivity index (χ4n) is 3.87. The maximum atomic E-state index is 9.18. The predicted molar refractivity (Wildman–Crippen MR) is 146 cm³/mol. The maximum Gasteiger partial charge on any atom is 0.146 e. The third kappa shape index (κ3) is 3.97. The van der Waals surface area contributed by atoms with Crippen LogP contribution in [-0.2, 0) is 0 Å². The van der Waals surface area contributed by atoms with Gasteiger partial charge in [0.05, 0.1) is 11.6 Å². The molecular weight excluding hydrogens is 481 g/mol. The zero-order valence-electron chi connectivity index (χ0n) is 18.3. The van der Waals surface area contributed by atoms with E-state index in [0.29, 0.717) is 16.8 Å². The minimum Gasteiger partial charge on any atom is -0.455 e. The van der Waals surface area contributed by atoms with Crippen molar-refractivity contribution in [2.45, 2.75) is 13.8 Å². The Morgan fingerprint density at radius 3 is 2.41 bits per heavy atom. The summed E-state index contributed by atoms with van der Waals surface area (Å²) in [7, 11) is 0. The molecular formula is C26H18N4OS3. The maximum absolute atomic E-state index is 9.18. The monoisotopic (exact) mass is 498 g/mol. The van der Waals surface area contributed by atoms with Crippen molar-refractivity contribution in [1.29, 1.82) is 10.5 Å². The van der Waals surface area contributed by atoms with Gasteiger partial charge >= 0.3 is 0 Å². The highest BCUT2D eigenvalue weighted by Crippen LogP contribution is 2.39. The molecule has 0 saturated carbocycles. The molecule has 0 aliphatic carbocycles. The summed E-state index contributed by atoms with van der Waals surface area (Å²) in [6.07, 6.45) is 5.36. The van der Waals surface area contributed by atoms with Crippen LogP contribution in [0.1, 0.15) is 25.1 Å². The van der Waals surface area contributed by atoms with Gasteiger partial charge in [0.1, 0.15) is 22.9 Å². The lowest BCUT2D eigenvalue weighted by Gasteiger charge is -2.03. The van der Waals surface area contributed by atoms with Crippen LogP contribution in [0.2, 0.25) is 0 Å². The van der Waals surface area contributed by atoms with Gasteiger partial charge in [-0.2, -0.15) is 10.5 Å². The second-order valence-electron chi connectivity index (χ2n) is 6.98. The summed E-state index contributed by atoms with van der Waals surface area (Å²) in [6.45, 7) is 4.00. The standard InChI is InChI=1S/C24H10N4OS.C2H6.H2S2/c25-8-13-1-3-16-20-11-27-10-18(24(20)29-21(16)5-13)14-2-4-22-17(6-14)19-12-28-15(9-26)7-23(19)30-22;2*1-2/h1-7,10-12H;1-2H3;1-2H. The average Bonchev–Trinajstić information content (AvgIpc) is 3.47. The number of nitriles is 2. The van der Waals surface area contributed by atoms with E-state index in [-0.39, 0.29) is 0 Å². The van der Waals surface area contributed by atoms with Gasteiger partial charge < -0.3 is 4.42 Å². The van der Waals surface area contributed by atoms with Gasteiger partial charge in [-0.1, -0.05) is 19.9 Å². The highest BCUT2D eigenvalue weighted by molar-refractivity contribution is 8.59. The summed E-state index contributed by atoms with van der Waals surface area (Å²) in [5.74, 6) is 0. The lowest BCUT2D eigenvalue weighted by Crippen LogP contribution is -1.82. The van der Waals surface area contributed by atoms with Crippen LogP contribution in [0.25, 0.3) is 53.2 Å². The van der Waals surface area contributed by atoms with Crippen molar-refractivity contribution in [3.05, 3.63) is 72.3 Å². The topological polar surface area (TPSA) is 86.5 Å². The van der Waals surface area contributed by atoms with E-state index < -0.39 is 0 Å². The van der Waals surface area contributed by atoms with E-state index >= 15 is 0 Å². The zero-order chi connectivity index (χ0) is 24.2. The minimum absolute atomic E-state index is 0.419. The summed E-state index contributed by atoms with van der Waals surface area (Å²) in [5.41, 5.74) is 4.29. The Bertz CT molecular complexity index is 1740. The van der Waals surface area contributed by atoms with Crippen molar-refractivity contribution in [3.63, 3.8) is 0 Å². The Morgan fingerprint density at radius 2 is 1.65 bits per heavy atom. The normalized spacial score (nSPS) is 10.3. The number of thiophene rings is 1. The van der Waals surface area contributed by atoms with Crippen LogP contribution in [0.4, 0.5) is 0 Å². The second kappa shape index (κ2) is 10.1. The van der Waals surface area contributed by atoms with Gasteiger partial charge in [0.2, 0.25) is 0 Å². The first kappa shape index (κ1) is 23.6. The van der Waals surface area contributed by atoms with E-state index in [9.17, 15) is 5.26 Å². The summed E-state index contributed by atoms with van der Waals surface area (Å²) < 4.78 is 8.33. The number of hydrogen-bond donors (Lipinski definition) is 2. The highest BCUT2D eigenvalue weighted by atomic mass is 33.1. The van der Waals surface area contributed by atoms with Crippen molar-refractivity contribution in [2.75, 3.05) is 0 Å². The molecule has 8 heteroatoms. The molecule has 34 heavy (non-hydrogen) atoms. The number of aromatic nitrogens is 2. The van der Waals surface area contributed by atoms with Gasteiger partial charge in [-0.3, -0.25) is 4.98 Å². The number of benzene rings is 2. The van der Waals surface area contributed by atoms with Gasteiger partial charge in [0.25, 0.3) is 0 Å². The number of nitrogens with zero attached hydrogens (tertiary/aromatic N) is 4. The van der Waals surface area contributed by atoms with Crippen molar-refractivity contribution in [3.8, 4) is 23.3 Å². The largest absolute Gasteiger partial charge is 0.455 e. The van der Waals surface area contributed by atoms with E-state index in [4.69, 9.17) is 9.68 Å². The van der Waals surface area contributed by atoms with Crippen molar-refractivity contribution < 1.29 is 4.42 Å². The third-order valence-corrected chi connectivity index (χ3v) is 6.42. The van der Waals surface area contributed by atoms with E-state index in [1.54, 1.807) is 42.1 Å². The number of thiol groups is 2. The Hall–Kier alpha value is -3.56. The summed E-state index contributed by atoms with van der Waals surface area (Å²) in [6, 6.07) is 17.8. The van der Waals surface area contributed by atoms with Gasteiger partial charge in [0.15, 0.2) is 0 Å². The molecule has 0 bridgehead atoms. The molecule has 166 valence electrons. The van der Waals surface area contributed by atoms with Crippen molar-refractivity contribution in [1.82, 2.24) is 9.97 Å². The first-order valence-electron chi connectivity index (χ1n) is 10.4. The molecule has 0 fully saturated rings. The van der Waals surface area contributed by atoms with Gasteiger partial charge in [-0.15, -0.1) is 34.7 Å². The molecule has 0 spiro atoms. The molecule has 0 unspecified atom stereocenters. The molecule has 5 nitrogen and oxygen atoms in total. The smallest absolute Gasteiger partial charge is 0.146 e. The summed E-state index contributed by atoms with van der Waals surface area (Å²) in [4.78, 5) is 8.67. The van der Waals surface area contributed by atoms with E-state index in [2.05, 4.69) is 63.6 Å². The molecule has 2 aromatic carbocycles. The van der Waals surface area contributed by atoms with Crippen LogP contribution in [0.3, 0.4) is 0 Å². The number of hydrogen-bond acceptors (Lipinski definition) is 8. The predicted octanol–water partition coefficient (Wildman–Crippen LogP) is 7.94. The lowest BCUT2D eigenvalue weighted by atomic mass is 10.0. The first-order valence-corrected chi connectivity index (χ1v) is 12.8. The molecule has 0 N–H and O–H groups in total. The number of furan rings is 1. The second-order valence-corrected chi connectivity index (χ2v) is 8.06. The van der Waals surface area contributed by atoms with Gasteiger partial charge in [0, 0.05) is 55.1 Å². The van der Waals surface area contributed by atoms with Gasteiger partial charge in [-0.25, -0.2) is 4.98 Å². The number of pyridine rings is 2. The summed E-state index contributed by atoms with van der Waals surface area (Å²) >= 11 is 8.09. The summed E-state index contributed by atoms with van der Waals surface area (Å²) in [5, 5.41) is 22.3. The number of fused-ring (bicyclic) bond motifs is 6. The molecule has 4 aromatic heterocycles. The van der Waals surface area contributed by atoms with E-state index in [1.165, 1.54) is 0 Å². The molecule has 6 rings (SSSR count). The average molecular weight is 499 g/mol. The van der Waals surface area contributed by atoms with Crippen LogP contribution in [0.5, 0.6) is 0 Å². The SMILES string of the molecule is CC.N#Cc1ccc2c(c1)oc1c(-c3ccc4sc5cc(C#N)ncc5c4c3)cncc12.SS. The molecule has 0 amide bonds. The molecule has 0 atom stereocenters. The fourth-order valence-corrected chi connectivity index (χ4v) is 4.96.